The Morgan fingerprint density at radius 3 is 1.59 bits per heavy atom. The van der Waals surface area contributed by atoms with Crippen LogP contribution < -0.4 is 54.0 Å². The number of nitrogens with one attached hydrogen (secondary N) is 10. The number of aliphatic hydroxyl groups is 1. The van der Waals surface area contributed by atoms with Gasteiger partial charge in [-0.25, -0.2) is 9.78 Å². The summed E-state index contributed by atoms with van der Waals surface area (Å²) >= 11 is 0. The number of carbonyl (C=O) groups excluding carboxylic acids is 8. The monoisotopic (exact) mass is 1200 g/mol. The Bertz CT molecular complexity index is 3250. The molecule has 26 nitrogen and oxygen atoms in total. The molecule has 2 heterocycles. The fourth-order valence-electron chi connectivity index (χ4n) is 9.49. The third kappa shape index (κ3) is 21.1. The molecular weight excluding hydrogens is 1120 g/mol. The van der Waals surface area contributed by atoms with Crippen molar-refractivity contribution < 1.29 is 63.6 Å². The number of para-hydroxylation sites is 1. The van der Waals surface area contributed by atoms with Crippen molar-refractivity contribution in [3.8, 4) is 11.5 Å². The minimum atomic E-state index is -1.78. The molecule has 0 aliphatic carbocycles. The maximum Gasteiger partial charge on any atom is 0.326 e. The van der Waals surface area contributed by atoms with E-state index in [1.54, 1.807) is 60.8 Å². The molecule has 0 saturated carbocycles. The number of H-pyrrole nitrogens is 2. The van der Waals surface area contributed by atoms with Crippen LogP contribution in [-0.2, 0) is 75.3 Å². The number of nitrogens with two attached hydrogens (primary N) is 2. The number of aromatic nitrogens is 3. The van der Waals surface area contributed by atoms with Crippen molar-refractivity contribution in [1.29, 1.82) is 0 Å². The summed E-state index contributed by atoms with van der Waals surface area (Å²) < 4.78 is 0. The Kier molecular flexibility index (Phi) is 25.3. The van der Waals surface area contributed by atoms with Crippen LogP contribution in [0.25, 0.3) is 10.9 Å². The van der Waals surface area contributed by atoms with Crippen molar-refractivity contribution in [2.24, 2.45) is 17.4 Å². The van der Waals surface area contributed by atoms with E-state index >= 15 is 0 Å². The number of nitrogens with zero attached hydrogens (tertiary/aromatic N) is 1. The maximum absolute atomic E-state index is 14.6. The van der Waals surface area contributed by atoms with Crippen LogP contribution >= 0.6 is 0 Å². The van der Waals surface area contributed by atoms with Gasteiger partial charge in [-0.05, 0) is 90.7 Å². The highest BCUT2D eigenvalue weighted by Gasteiger charge is 2.35. The number of aromatic hydroxyl groups is 2. The lowest BCUT2D eigenvalue weighted by atomic mass is 10.0. The number of phenols is 2. The fraction of sp³-hybridized carbons (Fsp3) is 0.377. The third-order valence-corrected chi connectivity index (χ3v) is 14.2. The minimum absolute atomic E-state index is 0.0353. The lowest BCUT2D eigenvalue weighted by Gasteiger charge is -2.27. The number of rotatable bonds is 34. The average molecular weight is 1200 g/mol. The molecule has 0 aliphatic heterocycles. The second-order valence-electron chi connectivity index (χ2n) is 21.5. The summed E-state index contributed by atoms with van der Waals surface area (Å²) in [5.74, 6) is -8.46. The minimum Gasteiger partial charge on any atom is -0.508 e. The van der Waals surface area contributed by atoms with Crippen molar-refractivity contribution in [2.45, 2.75) is 120 Å². The highest BCUT2D eigenvalue weighted by molar-refractivity contribution is 5.98. The summed E-state index contributed by atoms with van der Waals surface area (Å²) in [7, 11) is 0. The molecule has 2 aromatic heterocycles. The van der Waals surface area contributed by atoms with Crippen LogP contribution in [0.1, 0.15) is 67.5 Å². The smallest absolute Gasteiger partial charge is 0.326 e. The van der Waals surface area contributed by atoms with E-state index in [1.807, 2.05) is 13.8 Å². The summed E-state index contributed by atoms with van der Waals surface area (Å²) in [6.07, 6.45) is 5.08. The number of aromatic amines is 2. The van der Waals surface area contributed by atoms with Gasteiger partial charge in [-0.15, -0.1) is 0 Å². The lowest BCUT2D eigenvalue weighted by Crippen LogP contribution is -2.60. The number of hydrogen-bond donors (Lipinski definition) is 16. The Hall–Kier alpha value is -9.66. The molecule has 6 aromatic rings. The molecule has 26 heteroatoms. The first-order chi connectivity index (χ1) is 41.7. The van der Waals surface area contributed by atoms with Gasteiger partial charge in [0.1, 0.15) is 53.8 Å². The van der Waals surface area contributed by atoms with E-state index in [-0.39, 0.29) is 62.4 Å². The second-order valence-corrected chi connectivity index (χ2v) is 21.5. The summed E-state index contributed by atoms with van der Waals surface area (Å²) in [4.78, 5) is 135. The van der Waals surface area contributed by atoms with Gasteiger partial charge in [-0.3, -0.25) is 38.4 Å². The van der Waals surface area contributed by atoms with Crippen LogP contribution in [0.15, 0.2) is 122 Å². The summed E-state index contributed by atoms with van der Waals surface area (Å²) in [6, 6.07) is 16.1. The number of carboxylic acids is 1. The first kappa shape index (κ1) is 66.5. The molecule has 0 radical (unpaired) electrons. The van der Waals surface area contributed by atoms with Gasteiger partial charge in [0.2, 0.25) is 47.3 Å². The first-order valence-corrected chi connectivity index (χ1v) is 28.5. The number of aliphatic carboxylic acids is 1. The lowest BCUT2D eigenvalue weighted by molar-refractivity contribution is -0.142. The van der Waals surface area contributed by atoms with E-state index in [1.165, 1.54) is 61.1 Å². The number of fused-ring (bicyclic) bond motifs is 1. The van der Waals surface area contributed by atoms with E-state index in [0.29, 0.717) is 58.2 Å². The summed E-state index contributed by atoms with van der Waals surface area (Å²) in [6.45, 7) is 2.22. The van der Waals surface area contributed by atoms with Gasteiger partial charge in [-0.1, -0.05) is 86.6 Å². The number of carbonyl (C=O) groups is 9. The quantitative estimate of drug-likeness (QED) is 0.0235. The van der Waals surface area contributed by atoms with Crippen molar-refractivity contribution in [3.63, 3.8) is 0 Å². The molecule has 0 fully saturated rings. The standard InChI is InChI=1S/C61H77N13O13/c1-35(2)24-47(70-54(79)44(63)29-40-31-64-34-67-40)56(81)71-48(25-36-10-4-3-5-11-36)55(80)66-32-53(78)68-49(26-37-15-19-41(76)20-16-37)57(82)74-52(33-75)60(85)73-51(28-39-30-65-45-13-7-6-12-43(39)45)59(84)72-50(27-38-17-21-42(77)22-18-38)58(83)69-46(61(86)87)14-8-9-23-62/h3-7,10-13,15-22,30-31,34-35,44,46-52,65,75-77H,8-9,14,23-29,32-33,62-63H2,1-2H3,(H,64,67)(H,66,80)(H,68,78)(H,69,83)(H,70,79)(H,71,81)(H,72,84)(H,73,85)(H,74,82)(H,86,87)/t44-,46-,47-,48-,49-,50-,51-,52-/m0/s1. The molecular formula is C61H77N13O13. The maximum atomic E-state index is 14.6. The van der Waals surface area contributed by atoms with Crippen LogP contribution in [0, 0.1) is 5.92 Å². The molecule has 0 spiro atoms. The largest absolute Gasteiger partial charge is 0.508 e. The van der Waals surface area contributed by atoms with Gasteiger partial charge in [0.15, 0.2) is 0 Å². The SMILES string of the molecule is CC(C)C[C@H](NC(=O)[C@@H](N)Cc1cnc[nH]1)C(=O)N[C@@H](Cc1ccccc1)C(=O)NCC(=O)N[C@@H](Cc1ccc(O)cc1)C(=O)N[C@@H](CO)C(=O)N[C@@H](Cc1c[nH]c2ccccc12)C(=O)N[C@@H](Cc1ccc(O)cc1)C(=O)N[C@@H](CCCCN)C(=O)O. The fourth-order valence-corrected chi connectivity index (χ4v) is 9.49. The molecule has 18 N–H and O–H groups in total. The van der Waals surface area contributed by atoms with Crippen molar-refractivity contribution in [3.05, 3.63) is 150 Å². The zero-order chi connectivity index (χ0) is 63.0. The highest BCUT2D eigenvalue weighted by Crippen LogP contribution is 2.21. The van der Waals surface area contributed by atoms with Crippen molar-refractivity contribution in [1.82, 2.24) is 57.5 Å². The normalized spacial score (nSPS) is 14.0. The Labute approximate surface area is 501 Å². The molecule has 8 atom stereocenters. The Morgan fingerprint density at radius 1 is 0.540 bits per heavy atom. The molecule has 0 unspecified atom stereocenters. The predicted molar refractivity (Wildman–Crippen MR) is 320 cm³/mol. The molecule has 6 rings (SSSR count). The van der Waals surface area contributed by atoms with E-state index in [2.05, 4.69) is 57.5 Å². The van der Waals surface area contributed by atoms with Gasteiger partial charge >= 0.3 is 5.97 Å². The van der Waals surface area contributed by atoms with Gasteiger partial charge in [0.25, 0.3) is 0 Å². The second kappa shape index (κ2) is 33.1. The number of amides is 8. The van der Waals surface area contributed by atoms with Gasteiger partial charge in [-0.2, -0.15) is 0 Å². The number of hydrogen-bond acceptors (Lipinski definition) is 15. The molecule has 8 amide bonds. The average Bonchev–Trinajstić information content (AvgIpc) is 4.20. The number of unbranched alkanes of at least 4 members (excludes halogenated alkanes) is 1. The summed E-state index contributed by atoms with van der Waals surface area (Å²) in [5, 5.41) is 62.1. The molecule has 87 heavy (non-hydrogen) atoms. The van der Waals surface area contributed by atoms with Crippen molar-refractivity contribution in [2.75, 3.05) is 19.7 Å². The molecule has 0 aliphatic rings. The van der Waals surface area contributed by atoms with Crippen LogP contribution in [0.4, 0.5) is 0 Å². The van der Waals surface area contributed by atoms with Gasteiger partial charge < -0.3 is 84.4 Å². The molecule has 4 aromatic carbocycles. The Balaban J connectivity index is 1.19. The number of carboxylic acid groups (broad SMARTS) is 1. The molecule has 0 bridgehead atoms. The zero-order valence-electron chi connectivity index (χ0n) is 48.3. The summed E-state index contributed by atoms with van der Waals surface area (Å²) in [5.41, 5.74) is 15.2. The highest BCUT2D eigenvalue weighted by atomic mass is 16.4. The van der Waals surface area contributed by atoms with Crippen LogP contribution in [0.5, 0.6) is 11.5 Å². The molecule has 464 valence electrons. The van der Waals surface area contributed by atoms with E-state index in [9.17, 15) is 63.6 Å². The number of aliphatic hydroxyl groups excluding tert-OH is 1. The van der Waals surface area contributed by atoms with Crippen LogP contribution in [0.2, 0.25) is 0 Å². The van der Waals surface area contributed by atoms with Crippen LogP contribution in [-0.4, -0.2) is 157 Å². The third-order valence-electron chi connectivity index (χ3n) is 14.2. The number of phenolic OH excluding ortho intramolecular Hbond substituents is 2. The Morgan fingerprint density at radius 2 is 1.03 bits per heavy atom. The van der Waals surface area contributed by atoms with Gasteiger partial charge in [0, 0.05) is 61.1 Å². The molecule has 0 saturated heterocycles. The predicted octanol–water partition coefficient (Wildman–Crippen LogP) is -0.0954. The van der Waals surface area contributed by atoms with E-state index < -0.39 is 115 Å². The number of benzene rings is 4. The van der Waals surface area contributed by atoms with Gasteiger partial charge in [0.05, 0.1) is 25.5 Å². The first-order valence-electron chi connectivity index (χ1n) is 28.5. The number of imidazole rings is 1. The zero-order valence-corrected chi connectivity index (χ0v) is 48.3. The topological polar surface area (TPSA) is 427 Å². The van der Waals surface area contributed by atoms with Crippen LogP contribution in [0.3, 0.4) is 0 Å². The van der Waals surface area contributed by atoms with E-state index in [0.717, 1.165) is 0 Å². The van der Waals surface area contributed by atoms with Crippen molar-refractivity contribution >= 4 is 64.1 Å². The van der Waals surface area contributed by atoms with E-state index in [4.69, 9.17) is 11.5 Å².